The molecule has 0 aliphatic heterocycles. The van der Waals surface area contributed by atoms with E-state index in [-0.39, 0.29) is 6.03 Å². The first kappa shape index (κ1) is 13.3. The van der Waals surface area contributed by atoms with Gasteiger partial charge in [-0.25, -0.2) is 9.78 Å². The number of thiazole rings is 1. The van der Waals surface area contributed by atoms with Gasteiger partial charge in [-0.15, -0.1) is 11.3 Å². The van der Waals surface area contributed by atoms with Gasteiger partial charge in [0.2, 0.25) is 0 Å². The normalized spacial score (nSPS) is 18.3. The van der Waals surface area contributed by atoms with Crippen LogP contribution in [-0.4, -0.2) is 28.3 Å². The zero-order chi connectivity index (χ0) is 12.8. The minimum atomic E-state index is -0.712. The second kappa shape index (κ2) is 6.15. The summed E-state index contributed by atoms with van der Waals surface area (Å²) >= 11 is 1.50. The van der Waals surface area contributed by atoms with Crippen LogP contribution in [0.2, 0.25) is 0 Å². The van der Waals surface area contributed by atoms with Gasteiger partial charge in [-0.2, -0.15) is 0 Å². The molecule has 2 amide bonds. The molecule has 1 saturated carbocycles. The monoisotopic (exact) mass is 269 g/mol. The maximum atomic E-state index is 11.6. The molecule has 1 heterocycles. The molecule has 0 bridgehead atoms. The number of amides is 2. The highest BCUT2D eigenvalue weighted by molar-refractivity contribution is 7.07. The van der Waals surface area contributed by atoms with Crippen LogP contribution in [0.4, 0.5) is 4.79 Å². The highest BCUT2D eigenvalue weighted by Gasteiger charge is 2.29. The minimum absolute atomic E-state index is 0.248. The van der Waals surface area contributed by atoms with Crippen molar-refractivity contribution in [3.05, 3.63) is 16.6 Å². The first-order chi connectivity index (χ1) is 8.68. The highest BCUT2D eigenvalue weighted by Crippen LogP contribution is 2.27. The Morgan fingerprint density at radius 2 is 2.17 bits per heavy atom. The van der Waals surface area contributed by atoms with Crippen molar-refractivity contribution in [2.75, 3.05) is 6.54 Å². The van der Waals surface area contributed by atoms with Crippen molar-refractivity contribution >= 4 is 17.4 Å². The second-order valence-electron chi connectivity index (χ2n) is 4.80. The Morgan fingerprint density at radius 3 is 2.83 bits per heavy atom. The Labute approximate surface area is 111 Å². The molecule has 5 nitrogen and oxygen atoms in total. The molecule has 6 heteroatoms. The predicted octanol–water partition coefficient (Wildman–Crippen LogP) is 1.64. The third kappa shape index (κ3) is 3.96. The summed E-state index contributed by atoms with van der Waals surface area (Å²) in [5, 5.41) is 17.6. The van der Waals surface area contributed by atoms with Gasteiger partial charge in [0.25, 0.3) is 0 Å². The van der Waals surface area contributed by atoms with Crippen molar-refractivity contribution in [1.29, 1.82) is 0 Å². The first-order valence-electron chi connectivity index (χ1n) is 6.29. The summed E-state index contributed by atoms with van der Waals surface area (Å²) in [6.07, 6.45) is 4.81. The van der Waals surface area contributed by atoms with Crippen molar-refractivity contribution in [2.45, 2.75) is 44.2 Å². The molecule has 1 fully saturated rings. The topological polar surface area (TPSA) is 74.2 Å². The summed E-state index contributed by atoms with van der Waals surface area (Å²) in [6, 6.07) is -0.248. The van der Waals surface area contributed by atoms with Gasteiger partial charge in [-0.3, -0.25) is 0 Å². The fourth-order valence-electron chi connectivity index (χ4n) is 2.19. The number of carbonyl (C=O) groups is 1. The molecule has 1 aromatic heterocycles. The molecule has 3 N–H and O–H groups in total. The third-order valence-electron chi connectivity index (χ3n) is 3.28. The number of rotatable bonds is 4. The number of nitrogens with one attached hydrogen (secondary N) is 2. The largest absolute Gasteiger partial charge is 0.388 e. The molecule has 0 atom stereocenters. The van der Waals surface area contributed by atoms with Crippen molar-refractivity contribution in [1.82, 2.24) is 15.6 Å². The lowest BCUT2D eigenvalue weighted by Crippen LogP contribution is -2.47. The van der Waals surface area contributed by atoms with Gasteiger partial charge in [0.15, 0.2) is 0 Å². The van der Waals surface area contributed by atoms with E-state index in [2.05, 4.69) is 15.6 Å². The van der Waals surface area contributed by atoms with Gasteiger partial charge < -0.3 is 15.7 Å². The smallest absolute Gasteiger partial charge is 0.315 e. The quantitative estimate of drug-likeness (QED) is 0.778. The zero-order valence-corrected chi connectivity index (χ0v) is 11.1. The van der Waals surface area contributed by atoms with Crippen LogP contribution in [0.1, 0.15) is 37.8 Å². The van der Waals surface area contributed by atoms with Crippen LogP contribution in [0.25, 0.3) is 0 Å². The molecule has 1 aliphatic carbocycles. The molecule has 1 aromatic rings. The van der Waals surface area contributed by atoms with Crippen LogP contribution in [-0.2, 0) is 6.54 Å². The zero-order valence-electron chi connectivity index (χ0n) is 10.3. The van der Waals surface area contributed by atoms with E-state index in [0.717, 1.165) is 31.4 Å². The molecule has 0 radical (unpaired) electrons. The van der Waals surface area contributed by atoms with Gasteiger partial charge in [0, 0.05) is 11.9 Å². The minimum Gasteiger partial charge on any atom is -0.388 e. The Hall–Kier alpha value is -1.14. The lowest BCUT2D eigenvalue weighted by Gasteiger charge is -2.32. The van der Waals surface area contributed by atoms with E-state index in [1.807, 2.05) is 5.38 Å². The van der Waals surface area contributed by atoms with E-state index in [1.165, 1.54) is 17.8 Å². The number of hydrogen-bond acceptors (Lipinski definition) is 4. The van der Waals surface area contributed by atoms with E-state index >= 15 is 0 Å². The van der Waals surface area contributed by atoms with Crippen molar-refractivity contribution in [3.8, 4) is 0 Å². The van der Waals surface area contributed by atoms with Crippen molar-refractivity contribution in [2.24, 2.45) is 0 Å². The maximum absolute atomic E-state index is 11.6. The van der Waals surface area contributed by atoms with Gasteiger partial charge in [0.1, 0.15) is 0 Å². The Morgan fingerprint density at radius 1 is 1.39 bits per heavy atom. The average Bonchev–Trinajstić information content (AvgIpc) is 2.88. The molecule has 1 aliphatic rings. The average molecular weight is 269 g/mol. The lowest BCUT2D eigenvalue weighted by molar-refractivity contribution is 0.00719. The second-order valence-corrected chi connectivity index (χ2v) is 5.52. The summed E-state index contributed by atoms with van der Waals surface area (Å²) in [4.78, 5) is 15.6. The van der Waals surface area contributed by atoms with E-state index in [0.29, 0.717) is 13.1 Å². The van der Waals surface area contributed by atoms with Gasteiger partial charge in [0.05, 0.1) is 23.4 Å². The Balaban J connectivity index is 1.68. The molecule has 2 rings (SSSR count). The molecule has 0 saturated heterocycles. The molecule has 0 unspecified atom stereocenters. The van der Waals surface area contributed by atoms with Crippen LogP contribution in [0.5, 0.6) is 0 Å². The number of aromatic nitrogens is 1. The van der Waals surface area contributed by atoms with E-state index in [1.54, 1.807) is 5.51 Å². The number of hydrogen-bond donors (Lipinski definition) is 3. The predicted molar refractivity (Wildman–Crippen MR) is 70.4 cm³/mol. The molecule has 100 valence electrons. The summed E-state index contributed by atoms with van der Waals surface area (Å²) < 4.78 is 0. The first-order valence-corrected chi connectivity index (χ1v) is 7.23. The fourth-order valence-corrected chi connectivity index (χ4v) is 2.75. The van der Waals surface area contributed by atoms with Crippen molar-refractivity contribution < 1.29 is 9.90 Å². The molecule has 0 spiro atoms. The fraction of sp³-hybridized carbons (Fsp3) is 0.667. The number of carbonyl (C=O) groups excluding carboxylic acids is 1. The summed E-state index contributed by atoms with van der Waals surface area (Å²) in [5.41, 5.74) is 1.88. The third-order valence-corrected chi connectivity index (χ3v) is 3.91. The van der Waals surface area contributed by atoms with Gasteiger partial charge in [-0.05, 0) is 12.8 Å². The van der Waals surface area contributed by atoms with Crippen LogP contribution < -0.4 is 10.6 Å². The lowest BCUT2D eigenvalue weighted by atomic mass is 9.85. The van der Waals surface area contributed by atoms with Crippen LogP contribution >= 0.6 is 11.3 Å². The molecule has 18 heavy (non-hydrogen) atoms. The molecule has 0 aromatic carbocycles. The summed E-state index contributed by atoms with van der Waals surface area (Å²) in [7, 11) is 0. The van der Waals surface area contributed by atoms with E-state index in [9.17, 15) is 9.90 Å². The van der Waals surface area contributed by atoms with Crippen molar-refractivity contribution in [3.63, 3.8) is 0 Å². The molecular formula is C12H19N3O2S. The molecular weight excluding hydrogens is 250 g/mol. The van der Waals surface area contributed by atoms with Crippen LogP contribution in [0.3, 0.4) is 0 Å². The van der Waals surface area contributed by atoms with Crippen LogP contribution in [0.15, 0.2) is 10.9 Å². The van der Waals surface area contributed by atoms with E-state index < -0.39 is 5.60 Å². The number of aliphatic hydroxyl groups is 1. The number of urea groups is 1. The number of nitrogens with zero attached hydrogens (tertiary/aromatic N) is 1. The summed E-state index contributed by atoms with van der Waals surface area (Å²) in [5.74, 6) is 0. The van der Waals surface area contributed by atoms with Gasteiger partial charge in [-0.1, -0.05) is 19.3 Å². The Bertz CT molecular complexity index is 375. The maximum Gasteiger partial charge on any atom is 0.315 e. The van der Waals surface area contributed by atoms with Gasteiger partial charge >= 0.3 is 6.03 Å². The SMILES string of the molecule is O=C(NCc1cscn1)NCC1(O)CCCCC1. The summed E-state index contributed by atoms with van der Waals surface area (Å²) in [6.45, 7) is 0.754. The standard InChI is InChI=1S/C12H19N3O2S/c16-11(13-6-10-7-18-9-15-10)14-8-12(17)4-2-1-3-5-12/h7,9,17H,1-6,8H2,(H2,13,14,16). The highest BCUT2D eigenvalue weighted by atomic mass is 32.1. The van der Waals surface area contributed by atoms with E-state index in [4.69, 9.17) is 0 Å². The van der Waals surface area contributed by atoms with Crippen LogP contribution in [0, 0.1) is 0 Å². The Kier molecular flexibility index (Phi) is 4.54.